The van der Waals surface area contributed by atoms with Gasteiger partial charge in [-0.25, -0.2) is 4.79 Å². The van der Waals surface area contributed by atoms with Gasteiger partial charge in [-0.3, -0.25) is 4.90 Å². The van der Waals surface area contributed by atoms with E-state index < -0.39 is 6.03 Å². The summed E-state index contributed by atoms with van der Waals surface area (Å²) in [5.41, 5.74) is 5.89. The van der Waals surface area contributed by atoms with Gasteiger partial charge < -0.3 is 10.5 Å². The number of nitrogens with two attached hydrogens (primary N) is 1. The van der Waals surface area contributed by atoms with E-state index in [2.05, 4.69) is 0 Å². The van der Waals surface area contributed by atoms with Crippen molar-refractivity contribution >= 4 is 11.7 Å². The fraction of sp³-hybridized carbons (Fsp3) is 0.222. The number of ether oxygens (including phenoxy) is 1. The molecule has 0 aromatic heterocycles. The first-order valence-corrected chi connectivity index (χ1v) is 3.86. The smallest absolute Gasteiger partial charge is 0.321 e. The Hall–Kier alpha value is -1.55. The summed E-state index contributed by atoms with van der Waals surface area (Å²) < 4.78 is 4.84. The molecule has 0 radical (unpaired) electrons. The van der Waals surface area contributed by atoms with Crippen molar-refractivity contribution < 1.29 is 9.53 Å². The summed E-state index contributed by atoms with van der Waals surface area (Å²) in [6.45, 7) is 0.166. The van der Waals surface area contributed by atoms with E-state index in [0.717, 1.165) is 5.69 Å². The van der Waals surface area contributed by atoms with E-state index in [-0.39, 0.29) is 6.73 Å². The van der Waals surface area contributed by atoms with Gasteiger partial charge in [-0.1, -0.05) is 18.2 Å². The molecule has 13 heavy (non-hydrogen) atoms. The molecule has 2 N–H and O–H groups in total. The minimum atomic E-state index is -0.520. The Morgan fingerprint density at radius 3 is 2.54 bits per heavy atom. The average molecular weight is 180 g/mol. The van der Waals surface area contributed by atoms with Crippen LogP contribution in [0.15, 0.2) is 30.3 Å². The fourth-order valence-electron chi connectivity index (χ4n) is 1.00. The van der Waals surface area contributed by atoms with Gasteiger partial charge in [-0.15, -0.1) is 0 Å². The number of carbonyl (C=O) groups is 1. The molecular formula is C9H12N2O2. The third kappa shape index (κ3) is 2.45. The third-order valence-corrected chi connectivity index (χ3v) is 1.59. The molecule has 70 valence electrons. The highest BCUT2D eigenvalue weighted by Crippen LogP contribution is 2.11. The van der Waals surface area contributed by atoms with E-state index >= 15 is 0 Å². The lowest BCUT2D eigenvalue weighted by molar-refractivity contribution is 0.194. The van der Waals surface area contributed by atoms with E-state index in [1.54, 1.807) is 12.1 Å². The molecule has 0 aliphatic rings. The van der Waals surface area contributed by atoms with Crippen molar-refractivity contribution in [3.05, 3.63) is 30.3 Å². The Morgan fingerprint density at radius 2 is 2.08 bits per heavy atom. The minimum absolute atomic E-state index is 0.166. The Bertz CT molecular complexity index is 274. The topological polar surface area (TPSA) is 55.6 Å². The number of nitrogens with zero attached hydrogens (tertiary/aromatic N) is 1. The molecule has 1 aromatic rings. The van der Waals surface area contributed by atoms with Crippen molar-refractivity contribution in [2.75, 3.05) is 18.7 Å². The molecule has 0 spiro atoms. The normalized spacial score (nSPS) is 9.62. The predicted molar refractivity (Wildman–Crippen MR) is 50.4 cm³/mol. The lowest BCUT2D eigenvalue weighted by Crippen LogP contribution is -2.37. The summed E-state index contributed by atoms with van der Waals surface area (Å²) in [5.74, 6) is 0. The number of methoxy groups -OCH3 is 1. The summed E-state index contributed by atoms with van der Waals surface area (Å²) in [5, 5.41) is 0. The summed E-state index contributed by atoms with van der Waals surface area (Å²) in [6.07, 6.45) is 0. The van der Waals surface area contributed by atoms with Crippen molar-refractivity contribution in [2.45, 2.75) is 0 Å². The number of hydrogen-bond acceptors (Lipinski definition) is 2. The second-order valence-corrected chi connectivity index (χ2v) is 2.52. The molecule has 4 heteroatoms. The van der Waals surface area contributed by atoms with Crippen LogP contribution in [-0.2, 0) is 4.74 Å². The number of anilines is 1. The molecule has 1 rings (SSSR count). The van der Waals surface area contributed by atoms with Crippen molar-refractivity contribution in [1.82, 2.24) is 0 Å². The standard InChI is InChI=1S/C9H12N2O2/c1-13-7-11(9(10)12)8-5-3-2-4-6-8/h2-6H,7H2,1H3,(H2,10,12). The third-order valence-electron chi connectivity index (χ3n) is 1.59. The first kappa shape index (κ1) is 9.54. The van der Waals surface area contributed by atoms with E-state index in [1.165, 1.54) is 12.0 Å². The molecular weight excluding hydrogens is 168 g/mol. The van der Waals surface area contributed by atoms with Crippen LogP contribution in [0.25, 0.3) is 0 Å². The maximum atomic E-state index is 11.0. The van der Waals surface area contributed by atoms with Gasteiger partial charge in [-0.05, 0) is 12.1 Å². The van der Waals surface area contributed by atoms with E-state index in [9.17, 15) is 4.79 Å². The van der Waals surface area contributed by atoms with Gasteiger partial charge in [0.2, 0.25) is 0 Å². The van der Waals surface area contributed by atoms with Gasteiger partial charge in [0, 0.05) is 12.8 Å². The van der Waals surface area contributed by atoms with E-state index in [1.807, 2.05) is 18.2 Å². The highest BCUT2D eigenvalue weighted by molar-refractivity contribution is 5.90. The molecule has 0 saturated carbocycles. The van der Waals surface area contributed by atoms with E-state index in [0.29, 0.717) is 0 Å². The summed E-state index contributed by atoms with van der Waals surface area (Å²) >= 11 is 0. The SMILES string of the molecule is COCN(C(N)=O)c1ccccc1. The maximum Gasteiger partial charge on any atom is 0.321 e. The number of para-hydroxylation sites is 1. The van der Waals surface area contributed by atoms with Crippen molar-refractivity contribution in [1.29, 1.82) is 0 Å². The summed E-state index contributed by atoms with van der Waals surface area (Å²) in [4.78, 5) is 12.3. The quantitative estimate of drug-likeness (QED) is 0.710. The Morgan fingerprint density at radius 1 is 1.46 bits per heavy atom. The van der Waals surface area contributed by atoms with Crippen LogP contribution < -0.4 is 10.6 Å². The molecule has 0 heterocycles. The zero-order valence-corrected chi connectivity index (χ0v) is 7.43. The van der Waals surface area contributed by atoms with Crippen LogP contribution in [-0.4, -0.2) is 19.9 Å². The lowest BCUT2D eigenvalue weighted by Gasteiger charge is -2.18. The molecule has 1 aromatic carbocycles. The van der Waals surface area contributed by atoms with Crippen molar-refractivity contribution in [3.63, 3.8) is 0 Å². The van der Waals surface area contributed by atoms with Crippen LogP contribution in [0.1, 0.15) is 0 Å². The monoisotopic (exact) mass is 180 g/mol. The molecule has 0 atom stereocenters. The highest BCUT2D eigenvalue weighted by Gasteiger charge is 2.10. The number of primary amides is 1. The number of urea groups is 1. The van der Waals surface area contributed by atoms with Crippen LogP contribution in [0, 0.1) is 0 Å². The average Bonchev–Trinajstić information content (AvgIpc) is 2.15. The van der Waals surface area contributed by atoms with Gasteiger partial charge in [0.25, 0.3) is 0 Å². The van der Waals surface area contributed by atoms with Gasteiger partial charge >= 0.3 is 6.03 Å². The lowest BCUT2D eigenvalue weighted by atomic mass is 10.3. The maximum absolute atomic E-state index is 11.0. The van der Waals surface area contributed by atoms with Crippen LogP contribution in [0.2, 0.25) is 0 Å². The van der Waals surface area contributed by atoms with Crippen molar-refractivity contribution in [2.24, 2.45) is 5.73 Å². The molecule has 0 bridgehead atoms. The number of rotatable bonds is 3. The molecule has 0 fully saturated rings. The first-order chi connectivity index (χ1) is 6.25. The number of carbonyl (C=O) groups excluding carboxylic acids is 1. The van der Waals surface area contributed by atoms with Crippen LogP contribution in [0.3, 0.4) is 0 Å². The fourth-order valence-corrected chi connectivity index (χ4v) is 1.00. The molecule has 2 amide bonds. The van der Waals surface area contributed by atoms with Crippen molar-refractivity contribution in [3.8, 4) is 0 Å². The number of benzene rings is 1. The Balaban J connectivity index is 2.82. The van der Waals surface area contributed by atoms with Gasteiger partial charge in [0.15, 0.2) is 0 Å². The Kier molecular flexibility index (Phi) is 3.28. The predicted octanol–water partition coefficient (Wildman–Crippen LogP) is 1.18. The minimum Gasteiger partial charge on any atom is -0.364 e. The largest absolute Gasteiger partial charge is 0.364 e. The zero-order valence-electron chi connectivity index (χ0n) is 7.43. The summed E-state index contributed by atoms with van der Waals surface area (Å²) in [7, 11) is 1.51. The number of hydrogen-bond donors (Lipinski definition) is 1. The summed E-state index contributed by atoms with van der Waals surface area (Å²) in [6, 6.07) is 8.61. The zero-order chi connectivity index (χ0) is 9.68. The van der Waals surface area contributed by atoms with Gasteiger partial charge in [0.05, 0.1) is 0 Å². The first-order valence-electron chi connectivity index (χ1n) is 3.86. The van der Waals surface area contributed by atoms with E-state index in [4.69, 9.17) is 10.5 Å². The highest BCUT2D eigenvalue weighted by atomic mass is 16.5. The van der Waals surface area contributed by atoms with Gasteiger partial charge in [-0.2, -0.15) is 0 Å². The molecule has 0 aliphatic carbocycles. The Labute approximate surface area is 76.9 Å². The second kappa shape index (κ2) is 4.47. The van der Waals surface area contributed by atoms with Gasteiger partial charge in [0.1, 0.15) is 6.73 Å². The molecule has 4 nitrogen and oxygen atoms in total. The van der Waals surface area contributed by atoms with Crippen LogP contribution >= 0.6 is 0 Å². The second-order valence-electron chi connectivity index (χ2n) is 2.52. The molecule has 0 unspecified atom stereocenters. The molecule has 0 saturated heterocycles. The van der Waals surface area contributed by atoms with Crippen LogP contribution in [0.4, 0.5) is 10.5 Å². The molecule has 0 aliphatic heterocycles. The van der Waals surface area contributed by atoms with Crippen LogP contribution in [0.5, 0.6) is 0 Å². The number of amides is 2.